The molecule has 0 aliphatic heterocycles. The normalized spacial score (nSPS) is 11.4. The zero-order chi connectivity index (χ0) is 13.1. The van der Waals surface area contributed by atoms with Crippen LogP contribution in [0, 0.1) is 6.92 Å². The molecule has 3 nitrogen and oxygen atoms in total. The molecule has 0 heterocycles. The van der Waals surface area contributed by atoms with Crippen molar-refractivity contribution in [3.05, 3.63) is 35.4 Å². The quantitative estimate of drug-likeness (QED) is 0.802. The second-order valence-corrected chi connectivity index (χ2v) is 4.86. The lowest BCUT2D eigenvalue weighted by atomic mass is 10.1. The summed E-state index contributed by atoms with van der Waals surface area (Å²) in [4.78, 5) is 13.8. The predicted octanol–water partition coefficient (Wildman–Crippen LogP) is 2.38. The van der Waals surface area contributed by atoms with Crippen LogP contribution in [-0.4, -0.2) is 30.6 Å². The molecule has 0 aliphatic rings. The molecule has 0 aliphatic carbocycles. The van der Waals surface area contributed by atoms with Crippen molar-refractivity contribution in [1.82, 2.24) is 4.90 Å². The van der Waals surface area contributed by atoms with Crippen molar-refractivity contribution in [3.8, 4) is 0 Å². The number of rotatable bonds is 4. The number of ether oxygens (including phenoxy) is 1. The lowest BCUT2D eigenvalue weighted by Gasteiger charge is -2.28. The summed E-state index contributed by atoms with van der Waals surface area (Å²) in [6.07, 6.45) is 0. The van der Waals surface area contributed by atoms with E-state index in [1.807, 2.05) is 25.1 Å². The monoisotopic (exact) mass is 235 g/mol. The van der Waals surface area contributed by atoms with Gasteiger partial charge in [0.15, 0.2) is 0 Å². The van der Waals surface area contributed by atoms with Gasteiger partial charge in [0.25, 0.3) is 5.91 Å². The van der Waals surface area contributed by atoms with E-state index < -0.39 is 5.60 Å². The van der Waals surface area contributed by atoms with E-state index in [1.54, 1.807) is 32.9 Å². The summed E-state index contributed by atoms with van der Waals surface area (Å²) in [6.45, 7) is 6.21. The Labute approximate surface area is 103 Å². The molecule has 0 radical (unpaired) electrons. The maximum absolute atomic E-state index is 12.1. The van der Waals surface area contributed by atoms with E-state index in [-0.39, 0.29) is 5.91 Å². The molecule has 1 aromatic carbocycles. The van der Waals surface area contributed by atoms with E-state index in [1.165, 1.54) is 5.56 Å². The molecule has 1 rings (SSSR count). The van der Waals surface area contributed by atoms with Crippen LogP contribution in [0.5, 0.6) is 0 Å². The maximum atomic E-state index is 12.1. The second kappa shape index (κ2) is 5.32. The topological polar surface area (TPSA) is 29.5 Å². The fourth-order valence-corrected chi connectivity index (χ4v) is 1.70. The predicted molar refractivity (Wildman–Crippen MR) is 68.7 cm³/mol. The summed E-state index contributed by atoms with van der Waals surface area (Å²) >= 11 is 0. The van der Waals surface area contributed by atoms with Crippen LogP contribution in [0.15, 0.2) is 24.3 Å². The van der Waals surface area contributed by atoms with Gasteiger partial charge in [-0.05, 0) is 26.3 Å². The van der Waals surface area contributed by atoms with Crippen LogP contribution in [0.3, 0.4) is 0 Å². The van der Waals surface area contributed by atoms with Gasteiger partial charge in [-0.1, -0.05) is 29.8 Å². The van der Waals surface area contributed by atoms with Crippen molar-refractivity contribution in [2.75, 3.05) is 14.2 Å². The van der Waals surface area contributed by atoms with E-state index in [2.05, 4.69) is 6.07 Å². The SMILES string of the molecule is COC(C)(C)C(=O)N(C)Cc1cccc(C)c1. The number of aryl methyl sites for hydroxylation is 1. The van der Waals surface area contributed by atoms with Gasteiger partial charge in [0.05, 0.1) is 0 Å². The molecular formula is C14H21NO2. The molecular weight excluding hydrogens is 214 g/mol. The van der Waals surface area contributed by atoms with Gasteiger partial charge in [-0.2, -0.15) is 0 Å². The third-order valence-electron chi connectivity index (χ3n) is 2.87. The molecule has 0 saturated heterocycles. The highest BCUT2D eigenvalue weighted by atomic mass is 16.5. The van der Waals surface area contributed by atoms with Crippen LogP contribution in [0.2, 0.25) is 0 Å². The second-order valence-electron chi connectivity index (χ2n) is 4.86. The summed E-state index contributed by atoms with van der Waals surface area (Å²) in [7, 11) is 3.35. The Bertz CT molecular complexity index is 399. The number of benzene rings is 1. The lowest BCUT2D eigenvalue weighted by molar-refractivity contribution is -0.150. The molecule has 0 bridgehead atoms. The standard InChI is InChI=1S/C14H21NO2/c1-11-7-6-8-12(9-11)10-15(4)13(16)14(2,3)17-5/h6-9H,10H2,1-5H3. The molecule has 0 N–H and O–H groups in total. The molecule has 3 heteroatoms. The Hall–Kier alpha value is -1.35. The van der Waals surface area contributed by atoms with Gasteiger partial charge in [-0.15, -0.1) is 0 Å². The Balaban J connectivity index is 2.73. The fraction of sp³-hybridized carbons (Fsp3) is 0.500. The first-order valence-electron chi connectivity index (χ1n) is 5.73. The Morgan fingerprint density at radius 2 is 2.06 bits per heavy atom. The zero-order valence-electron chi connectivity index (χ0n) is 11.3. The number of carbonyl (C=O) groups excluding carboxylic acids is 1. The van der Waals surface area contributed by atoms with Crippen LogP contribution in [-0.2, 0) is 16.1 Å². The number of carbonyl (C=O) groups is 1. The highest BCUT2D eigenvalue weighted by molar-refractivity contribution is 5.84. The smallest absolute Gasteiger partial charge is 0.254 e. The third kappa shape index (κ3) is 3.56. The van der Waals surface area contributed by atoms with Gasteiger partial charge in [0.1, 0.15) is 5.60 Å². The van der Waals surface area contributed by atoms with Gasteiger partial charge in [0, 0.05) is 20.7 Å². The average Bonchev–Trinajstić information content (AvgIpc) is 2.28. The Kier molecular flexibility index (Phi) is 4.29. The van der Waals surface area contributed by atoms with Gasteiger partial charge in [-0.25, -0.2) is 0 Å². The average molecular weight is 235 g/mol. The number of hydrogen-bond acceptors (Lipinski definition) is 2. The molecule has 0 saturated carbocycles. The van der Waals surface area contributed by atoms with Gasteiger partial charge in [-0.3, -0.25) is 4.79 Å². The minimum atomic E-state index is -0.765. The highest BCUT2D eigenvalue weighted by Gasteiger charge is 2.29. The van der Waals surface area contributed by atoms with E-state index in [4.69, 9.17) is 4.74 Å². The maximum Gasteiger partial charge on any atom is 0.254 e. The van der Waals surface area contributed by atoms with Gasteiger partial charge >= 0.3 is 0 Å². The van der Waals surface area contributed by atoms with Crippen molar-refractivity contribution < 1.29 is 9.53 Å². The molecule has 17 heavy (non-hydrogen) atoms. The first-order valence-corrected chi connectivity index (χ1v) is 5.73. The minimum Gasteiger partial charge on any atom is -0.369 e. The molecule has 0 atom stereocenters. The first kappa shape index (κ1) is 13.7. The summed E-state index contributed by atoms with van der Waals surface area (Å²) in [6, 6.07) is 8.16. The highest BCUT2D eigenvalue weighted by Crippen LogP contribution is 2.14. The number of nitrogens with zero attached hydrogens (tertiary/aromatic N) is 1. The Morgan fingerprint density at radius 3 is 2.59 bits per heavy atom. The largest absolute Gasteiger partial charge is 0.369 e. The Morgan fingerprint density at radius 1 is 1.41 bits per heavy atom. The van der Waals surface area contributed by atoms with Gasteiger partial charge in [0.2, 0.25) is 0 Å². The summed E-state index contributed by atoms with van der Waals surface area (Å²) < 4.78 is 5.19. The van der Waals surface area contributed by atoms with Gasteiger partial charge < -0.3 is 9.64 Å². The van der Waals surface area contributed by atoms with Crippen molar-refractivity contribution in [2.24, 2.45) is 0 Å². The van der Waals surface area contributed by atoms with E-state index >= 15 is 0 Å². The molecule has 0 unspecified atom stereocenters. The number of hydrogen-bond donors (Lipinski definition) is 0. The van der Waals surface area contributed by atoms with Crippen molar-refractivity contribution >= 4 is 5.91 Å². The summed E-state index contributed by atoms with van der Waals surface area (Å²) in [5.74, 6) is -0.0125. The first-order chi connectivity index (χ1) is 7.86. The fourth-order valence-electron chi connectivity index (χ4n) is 1.70. The number of methoxy groups -OCH3 is 1. The van der Waals surface area contributed by atoms with E-state index in [0.29, 0.717) is 6.54 Å². The molecule has 1 amide bonds. The summed E-state index contributed by atoms with van der Waals surface area (Å²) in [5, 5.41) is 0. The zero-order valence-corrected chi connectivity index (χ0v) is 11.3. The number of likely N-dealkylation sites (N-methyl/N-ethyl adjacent to an activating group) is 1. The third-order valence-corrected chi connectivity index (χ3v) is 2.87. The van der Waals surface area contributed by atoms with Crippen molar-refractivity contribution in [1.29, 1.82) is 0 Å². The van der Waals surface area contributed by atoms with E-state index in [0.717, 1.165) is 5.56 Å². The van der Waals surface area contributed by atoms with Crippen molar-refractivity contribution in [3.63, 3.8) is 0 Å². The van der Waals surface area contributed by atoms with E-state index in [9.17, 15) is 4.79 Å². The van der Waals surface area contributed by atoms with Crippen LogP contribution >= 0.6 is 0 Å². The van der Waals surface area contributed by atoms with Crippen LogP contribution in [0.1, 0.15) is 25.0 Å². The molecule has 0 fully saturated rings. The molecule has 94 valence electrons. The number of amides is 1. The molecule has 1 aromatic rings. The van der Waals surface area contributed by atoms with Crippen molar-refractivity contribution in [2.45, 2.75) is 32.9 Å². The lowest BCUT2D eigenvalue weighted by Crippen LogP contribution is -2.44. The molecule has 0 aromatic heterocycles. The van der Waals surface area contributed by atoms with Crippen LogP contribution in [0.4, 0.5) is 0 Å². The molecule has 0 spiro atoms. The summed E-state index contributed by atoms with van der Waals surface area (Å²) in [5.41, 5.74) is 1.57. The van der Waals surface area contributed by atoms with Crippen LogP contribution < -0.4 is 0 Å². The minimum absolute atomic E-state index is 0.0125. The van der Waals surface area contributed by atoms with Crippen LogP contribution in [0.25, 0.3) is 0 Å².